The molecule has 2 amide bonds. The summed E-state index contributed by atoms with van der Waals surface area (Å²) in [6.45, 7) is 2.80. The molecule has 0 radical (unpaired) electrons. The number of benzene rings is 2. The third-order valence-corrected chi connectivity index (χ3v) is 5.88. The van der Waals surface area contributed by atoms with E-state index in [1.807, 2.05) is 19.1 Å². The van der Waals surface area contributed by atoms with Gasteiger partial charge in [-0.25, -0.2) is 13.1 Å². The molecule has 7 nitrogen and oxygen atoms in total. The second-order valence-electron chi connectivity index (χ2n) is 6.77. The number of sulfonamides is 1. The van der Waals surface area contributed by atoms with Crippen LogP contribution < -0.4 is 4.72 Å². The molecule has 2 aromatic rings. The van der Waals surface area contributed by atoms with Gasteiger partial charge in [0.25, 0.3) is 5.91 Å². The molecule has 0 unspecified atom stereocenters. The molecule has 156 valence electrons. The van der Waals surface area contributed by atoms with Crippen LogP contribution in [0.3, 0.4) is 0 Å². The first kappa shape index (κ1) is 22.6. The maximum absolute atomic E-state index is 12.5. The summed E-state index contributed by atoms with van der Waals surface area (Å²) < 4.78 is 26.9. The molecule has 0 aromatic heterocycles. The molecule has 1 N–H and O–H groups in total. The molecule has 0 saturated heterocycles. The molecule has 0 heterocycles. The van der Waals surface area contributed by atoms with Gasteiger partial charge in [0.05, 0.1) is 4.90 Å². The van der Waals surface area contributed by atoms with Gasteiger partial charge in [-0.1, -0.05) is 30.3 Å². The number of rotatable bonds is 9. The van der Waals surface area contributed by atoms with Gasteiger partial charge in [-0.05, 0) is 36.8 Å². The van der Waals surface area contributed by atoms with Gasteiger partial charge in [-0.15, -0.1) is 0 Å². The van der Waals surface area contributed by atoms with Crippen molar-refractivity contribution in [1.29, 1.82) is 0 Å². The van der Waals surface area contributed by atoms with Crippen LogP contribution >= 0.6 is 0 Å². The summed E-state index contributed by atoms with van der Waals surface area (Å²) in [5, 5.41) is 0. The van der Waals surface area contributed by atoms with Gasteiger partial charge < -0.3 is 9.80 Å². The third-order valence-electron chi connectivity index (χ3n) is 4.40. The fraction of sp³-hybridized carbons (Fsp3) is 0.333. The normalized spacial score (nSPS) is 11.1. The minimum atomic E-state index is -3.62. The van der Waals surface area contributed by atoms with E-state index in [4.69, 9.17) is 0 Å². The lowest BCUT2D eigenvalue weighted by Gasteiger charge is -2.21. The Morgan fingerprint density at radius 3 is 2.14 bits per heavy atom. The van der Waals surface area contributed by atoms with Crippen LogP contribution in [-0.4, -0.2) is 57.2 Å². The zero-order chi connectivity index (χ0) is 21.4. The molecule has 8 heteroatoms. The Morgan fingerprint density at radius 2 is 1.59 bits per heavy atom. The average Bonchev–Trinajstić information content (AvgIpc) is 2.72. The van der Waals surface area contributed by atoms with Crippen LogP contribution in [0.1, 0.15) is 29.3 Å². The number of nitrogens with one attached hydrogen (secondary N) is 1. The van der Waals surface area contributed by atoms with Crippen molar-refractivity contribution in [2.45, 2.75) is 24.8 Å². The minimum absolute atomic E-state index is 0.0306. The highest BCUT2D eigenvalue weighted by atomic mass is 32.2. The van der Waals surface area contributed by atoms with E-state index < -0.39 is 10.0 Å². The zero-order valence-corrected chi connectivity index (χ0v) is 17.8. The lowest BCUT2D eigenvalue weighted by atomic mass is 10.1. The Bertz CT molecular complexity index is 926. The quantitative estimate of drug-likeness (QED) is 0.677. The molecule has 2 rings (SSSR count). The summed E-state index contributed by atoms with van der Waals surface area (Å²) in [5.41, 5.74) is 1.49. The van der Waals surface area contributed by atoms with Crippen LogP contribution in [0.25, 0.3) is 0 Å². The van der Waals surface area contributed by atoms with Crippen LogP contribution in [0.15, 0.2) is 59.5 Å². The Kier molecular flexibility index (Phi) is 7.92. The number of carbonyl (C=O) groups is 2. The summed E-state index contributed by atoms with van der Waals surface area (Å²) in [7, 11) is -0.235. The summed E-state index contributed by atoms with van der Waals surface area (Å²) >= 11 is 0. The number of amides is 2. The van der Waals surface area contributed by atoms with Crippen LogP contribution in [0, 0.1) is 0 Å². The van der Waals surface area contributed by atoms with Gasteiger partial charge in [-0.2, -0.15) is 0 Å². The first-order valence-corrected chi connectivity index (χ1v) is 10.9. The highest BCUT2D eigenvalue weighted by molar-refractivity contribution is 7.89. The maximum Gasteiger partial charge on any atom is 0.253 e. The molecule has 0 bridgehead atoms. The molecular weight excluding hydrogens is 390 g/mol. The van der Waals surface area contributed by atoms with Gasteiger partial charge in [0.1, 0.15) is 0 Å². The van der Waals surface area contributed by atoms with E-state index in [1.54, 1.807) is 49.3 Å². The Morgan fingerprint density at radius 1 is 0.966 bits per heavy atom. The van der Waals surface area contributed by atoms with Crippen LogP contribution in [0.4, 0.5) is 0 Å². The SMILES string of the molecule is CCN(Cc1ccc(C(=O)N(C)C)cc1)C(=O)CCNS(=O)(=O)c1ccccc1. The van der Waals surface area contributed by atoms with Crippen molar-refractivity contribution in [1.82, 2.24) is 14.5 Å². The molecule has 2 aromatic carbocycles. The lowest BCUT2D eigenvalue weighted by molar-refractivity contribution is -0.131. The van der Waals surface area contributed by atoms with Gasteiger partial charge in [0.2, 0.25) is 15.9 Å². The number of carbonyl (C=O) groups excluding carboxylic acids is 2. The Hall–Kier alpha value is -2.71. The van der Waals surface area contributed by atoms with E-state index >= 15 is 0 Å². The molecule has 0 atom stereocenters. The van der Waals surface area contributed by atoms with Crippen molar-refractivity contribution in [2.24, 2.45) is 0 Å². The predicted molar refractivity (Wildman–Crippen MR) is 112 cm³/mol. The van der Waals surface area contributed by atoms with Crippen LogP contribution in [0.2, 0.25) is 0 Å². The molecular formula is C21H27N3O4S. The number of hydrogen-bond acceptors (Lipinski definition) is 4. The van der Waals surface area contributed by atoms with Gasteiger partial charge in [-0.3, -0.25) is 9.59 Å². The third kappa shape index (κ3) is 6.40. The van der Waals surface area contributed by atoms with Crippen LogP contribution in [0.5, 0.6) is 0 Å². The second-order valence-corrected chi connectivity index (χ2v) is 8.53. The maximum atomic E-state index is 12.5. The Labute approximate surface area is 172 Å². The minimum Gasteiger partial charge on any atom is -0.345 e. The zero-order valence-electron chi connectivity index (χ0n) is 17.0. The summed E-state index contributed by atoms with van der Waals surface area (Å²) in [5.74, 6) is -0.220. The molecule has 0 fully saturated rings. The predicted octanol–water partition coefficient (Wildman–Crippen LogP) is 2.11. The van der Waals surface area contributed by atoms with Crippen molar-refractivity contribution in [3.63, 3.8) is 0 Å². The summed E-state index contributed by atoms with van der Waals surface area (Å²) in [6.07, 6.45) is 0.0666. The fourth-order valence-corrected chi connectivity index (χ4v) is 3.79. The molecule has 0 saturated carbocycles. The van der Waals surface area contributed by atoms with E-state index in [-0.39, 0.29) is 29.7 Å². The van der Waals surface area contributed by atoms with Crippen molar-refractivity contribution in [3.8, 4) is 0 Å². The number of nitrogens with zero attached hydrogens (tertiary/aromatic N) is 2. The summed E-state index contributed by atoms with van der Waals surface area (Å²) in [4.78, 5) is 27.8. The molecule has 0 aliphatic heterocycles. The van der Waals surface area contributed by atoms with Gasteiger partial charge in [0.15, 0.2) is 0 Å². The van der Waals surface area contributed by atoms with Crippen molar-refractivity contribution >= 4 is 21.8 Å². The second kappa shape index (κ2) is 10.2. The molecule has 0 aliphatic carbocycles. The van der Waals surface area contributed by atoms with E-state index in [9.17, 15) is 18.0 Å². The smallest absolute Gasteiger partial charge is 0.253 e. The van der Waals surface area contributed by atoms with E-state index in [0.29, 0.717) is 18.7 Å². The van der Waals surface area contributed by atoms with Gasteiger partial charge in [0, 0.05) is 45.7 Å². The fourth-order valence-electron chi connectivity index (χ4n) is 2.74. The molecule has 29 heavy (non-hydrogen) atoms. The Balaban J connectivity index is 1.91. The average molecular weight is 418 g/mol. The van der Waals surface area contributed by atoms with Gasteiger partial charge >= 0.3 is 0 Å². The van der Waals surface area contributed by atoms with E-state index in [2.05, 4.69) is 4.72 Å². The number of hydrogen-bond donors (Lipinski definition) is 1. The van der Waals surface area contributed by atoms with E-state index in [0.717, 1.165) is 5.56 Å². The lowest BCUT2D eigenvalue weighted by Crippen LogP contribution is -2.34. The topological polar surface area (TPSA) is 86.8 Å². The largest absolute Gasteiger partial charge is 0.345 e. The first-order chi connectivity index (χ1) is 13.7. The summed E-state index contributed by atoms with van der Waals surface area (Å²) in [6, 6.07) is 15.2. The monoisotopic (exact) mass is 417 g/mol. The molecule has 0 spiro atoms. The highest BCUT2D eigenvalue weighted by Gasteiger charge is 2.16. The molecule has 0 aliphatic rings. The van der Waals surface area contributed by atoms with Crippen molar-refractivity contribution in [3.05, 3.63) is 65.7 Å². The van der Waals surface area contributed by atoms with E-state index in [1.165, 1.54) is 17.0 Å². The first-order valence-electron chi connectivity index (χ1n) is 9.37. The highest BCUT2D eigenvalue weighted by Crippen LogP contribution is 2.11. The van der Waals surface area contributed by atoms with Crippen LogP contribution in [-0.2, 0) is 21.4 Å². The van der Waals surface area contributed by atoms with Crippen molar-refractivity contribution < 1.29 is 18.0 Å². The standard InChI is InChI=1S/C21H27N3O4S/c1-4-24(16-17-10-12-18(13-11-17)21(26)23(2)3)20(25)14-15-22-29(27,28)19-8-6-5-7-9-19/h5-13,22H,4,14-16H2,1-3H3. The van der Waals surface area contributed by atoms with Crippen molar-refractivity contribution in [2.75, 3.05) is 27.2 Å².